The van der Waals surface area contributed by atoms with Gasteiger partial charge in [-0.3, -0.25) is 4.99 Å². The van der Waals surface area contributed by atoms with E-state index in [-0.39, 0.29) is 16.6 Å². The summed E-state index contributed by atoms with van der Waals surface area (Å²) in [4.78, 5) is 4.64. The monoisotopic (exact) mass is 551 g/mol. The second kappa shape index (κ2) is 12.7. The molecule has 0 spiro atoms. The Morgan fingerprint density at radius 2 is 1.11 bits per heavy atom. The topological polar surface area (TPSA) is 32.6 Å². The van der Waals surface area contributed by atoms with Crippen LogP contribution >= 0.6 is 18.6 Å². The van der Waals surface area contributed by atoms with Crippen LogP contribution in [0.15, 0.2) is 108 Å². The number of halogens is 2. The standard InChI is InChI=1S/C31H31NO.2ClH.Ti/c1-30(2,24-14-8-5-9-15-24)26-20-23(22-32-27-18-12-7-13-19-27)29(33)28(21-26)31(3,4)25-16-10-6-11-17-25;;;/h5-22,33H,1-4H3;2*1H;/q;;;+2/p-2. The minimum atomic E-state index is -0.556. The van der Waals surface area contributed by atoms with Crippen molar-refractivity contribution < 1.29 is 22.1 Å². The number of hydrogen-bond donors (Lipinski definition) is 1. The first-order valence-electron chi connectivity index (χ1n) is 11.8. The molecule has 1 N–H and O–H groups in total. The molecular weight excluding hydrogens is 521 g/mol. The second-order valence-electron chi connectivity index (χ2n) is 9.61. The molecule has 0 aromatic heterocycles. The fourth-order valence-corrected chi connectivity index (χ4v) is 4.28. The van der Waals surface area contributed by atoms with Gasteiger partial charge in [-0.15, -0.1) is 0 Å². The molecule has 0 aliphatic heterocycles. The number of aromatic hydroxyl groups is 1. The van der Waals surface area contributed by atoms with Gasteiger partial charge in [-0.05, 0) is 34.9 Å². The summed E-state index contributed by atoms with van der Waals surface area (Å²) in [6.07, 6.45) is 1.78. The van der Waals surface area contributed by atoms with Crippen molar-refractivity contribution in [2.75, 3.05) is 0 Å². The normalized spacial score (nSPS) is 11.6. The van der Waals surface area contributed by atoms with Crippen LogP contribution in [-0.4, -0.2) is 11.3 Å². The van der Waals surface area contributed by atoms with Crippen LogP contribution < -0.4 is 0 Å². The van der Waals surface area contributed by atoms with Gasteiger partial charge in [0.15, 0.2) is 0 Å². The molecule has 36 heavy (non-hydrogen) atoms. The number of phenolic OH excluding ortho intramolecular Hbond substituents is 1. The zero-order valence-corrected chi connectivity index (χ0v) is 24.1. The average Bonchev–Trinajstić information content (AvgIpc) is 2.90. The molecule has 0 amide bonds. The van der Waals surface area contributed by atoms with Crippen molar-refractivity contribution >= 4 is 30.5 Å². The van der Waals surface area contributed by atoms with E-state index in [4.69, 9.17) is 18.6 Å². The molecule has 0 aliphatic rings. The van der Waals surface area contributed by atoms with Crippen LogP contribution in [0.3, 0.4) is 0 Å². The Labute approximate surface area is 231 Å². The summed E-state index contributed by atoms with van der Waals surface area (Å²) in [7, 11) is 9.78. The third kappa shape index (κ3) is 6.69. The van der Waals surface area contributed by atoms with E-state index in [9.17, 15) is 5.11 Å². The molecule has 0 heterocycles. The quantitative estimate of drug-likeness (QED) is 0.188. The molecule has 4 aromatic carbocycles. The summed E-state index contributed by atoms with van der Waals surface area (Å²) in [5.74, 6) is 0.274. The van der Waals surface area contributed by atoms with Gasteiger partial charge >= 0.3 is 35.6 Å². The molecule has 2 nitrogen and oxygen atoms in total. The van der Waals surface area contributed by atoms with Gasteiger partial charge in [-0.2, -0.15) is 0 Å². The van der Waals surface area contributed by atoms with Crippen molar-refractivity contribution in [1.82, 2.24) is 0 Å². The van der Waals surface area contributed by atoms with Crippen molar-refractivity contribution in [3.05, 3.63) is 131 Å². The van der Waals surface area contributed by atoms with Gasteiger partial charge < -0.3 is 5.11 Å². The Morgan fingerprint density at radius 1 is 0.667 bits per heavy atom. The first-order chi connectivity index (χ1) is 17.2. The molecule has 0 aliphatic carbocycles. The summed E-state index contributed by atoms with van der Waals surface area (Å²) in [5.41, 5.74) is 5.36. The number of nitrogens with zero attached hydrogens (tertiary/aromatic N) is 1. The molecule has 0 saturated carbocycles. The average molecular weight is 552 g/mol. The molecular formula is C31H31Cl2NOTi. The van der Waals surface area contributed by atoms with Crippen molar-refractivity contribution in [1.29, 1.82) is 0 Å². The van der Waals surface area contributed by atoms with E-state index >= 15 is 0 Å². The summed E-state index contributed by atoms with van der Waals surface area (Å²) in [6, 6.07) is 34.9. The number of para-hydroxylation sites is 1. The predicted octanol–water partition coefficient (Wildman–Crippen LogP) is 9.17. The van der Waals surface area contributed by atoms with Gasteiger partial charge in [0.05, 0.1) is 5.69 Å². The van der Waals surface area contributed by atoms with E-state index in [1.54, 1.807) is 6.21 Å². The SMILES string of the molecule is CC(C)(c1ccccc1)c1cc(C=Nc2ccccc2)c(O)c(C(C)(C)c2ccccc2)c1.[Cl][Ti][Cl]. The summed E-state index contributed by atoms with van der Waals surface area (Å²) >= 11 is -0.556. The first kappa shape index (κ1) is 28.2. The summed E-state index contributed by atoms with van der Waals surface area (Å²) < 4.78 is 0. The molecule has 0 saturated heterocycles. The number of rotatable bonds is 6. The van der Waals surface area contributed by atoms with E-state index in [1.807, 2.05) is 54.6 Å². The van der Waals surface area contributed by atoms with Crippen molar-refractivity contribution in [2.24, 2.45) is 4.99 Å². The molecule has 4 aromatic rings. The van der Waals surface area contributed by atoms with Crippen molar-refractivity contribution in [3.8, 4) is 5.75 Å². The maximum atomic E-state index is 11.4. The molecule has 184 valence electrons. The van der Waals surface area contributed by atoms with Gasteiger partial charge in [-0.1, -0.05) is 113 Å². The number of hydrogen-bond acceptors (Lipinski definition) is 2. The molecule has 0 fully saturated rings. The molecule has 0 atom stereocenters. The van der Waals surface area contributed by atoms with Gasteiger partial charge in [0.2, 0.25) is 0 Å². The number of benzene rings is 4. The second-order valence-corrected chi connectivity index (χ2v) is 12.2. The Morgan fingerprint density at radius 3 is 1.61 bits per heavy atom. The van der Waals surface area contributed by atoms with Crippen LogP contribution in [0.25, 0.3) is 0 Å². The Kier molecular flexibility index (Phi) is 9.99. The first-order valence-corrected chi connectivity index (χ1v) is 16.1. The van der Waals surface area contributed by atoms with Gasteiger partial charge in [0, 0.05) is 28.2 Å². The van der Waals surface area contributed by atoms with E-state index in [0.717, 1.165) is 27.9 Å². The van der Waals surface area contributed by atoms with Gasteiger partial charge in [0.25, 0.3) is 0 Å². The van der Waals surface area contributed by atoms with Crippen LogP contribution in [0.4, 0.5) is 5.69 Å². The molecule has 4 rings (SSSR count). The summed E-state index contributed by atoms with van der Waals surface area (Å²) in [6.45, 7) is 8.78. The van der Waals surface area contributed by atoms with Crippen LogP contribution in [0.2, 0.25) is 0 Å². The molecule has 0 bridgehead atoms. The van der Waals surface area contributed by atoms with Crippen LogP contribution in [-0.2, 0) is 27.9 Å². The fraction of sp³-hybridized carbons (Fsp3) is 0.194. The minimum absolute atomic E-state index is 0.244. The molecule has 5 heteroatoms. The van der Waals surface area contributed by atoms with Gasteiger partial charge in [0.1, 0.15) is 5.75 Å². The van der Waals surface area contributed by atoms with Crippen LogP contribution in [0.1, 0.15) is 55.5 Å². The maximum absolute atomic E-state index is 11.4. The summed E-state index contributed by atoms with van der Waals surface area (Å²) in [5, 5.41) is 11.4. The van der Waals surface area contributed by atoms with E-state index in [2.05, 4.69) is 81.2 Å². The predicted molar refractivity (Wildman–Crippen MR) is 151 cm³/mol. The fourth-order valence-electron chi connectivity index (χ4n) is 4.28. The zero-order chi connectivity index (χ0) is 26.2. The Balaban J connectivity index is 0.00000115. The van der Waals surface area contributed by atoms with Crippen LogP contribution in [0, 0.1) is 0 Å². The van der Waals surface area contributed by atoms with Crippen molar-refractivity contribution in [2.45, 2.75) is 38.5 Å². The van der Waals surface area contributed by atoms with E-state index in [1.165, 1.54) is 5.56 Å². The Hall–Kier alpha value is -2.36. The van der Waals surface area contributed by atoms with E-state index in [0.29, 0.717) is 0 Å². The molecule has 0 unspecified atom stereocenters. The van der Waals surface area contributed by atoms with E-state index < -0.39 is 17.0 Å². The zero-order valence-electron chi connectivity index (χ0n) is 21.0. The number of aliphatic imine (C=N–C) groups is 1. The van der Waals surface area contributed by atoms with Crippen LogP contribution in [0.5, 0.6) is 5.75 Å². The van der Waals surface area contributed by atoms with Gasteiger partial charge in [-0.25, -0.2) is 0 Å². The molecule has 0 radical (unpaired) electrons. The number of phenols is 1. The third-order valence-corrected chi connectivity index (χ3v) is 6.63. The third-order valence-electron chi connectivity index (χ3n) is 6.63. The Bertz CT molecular complexity index is 1270. The van der Waals surface area contributed by atoms with Crippen molar-refractivity contribution in [3.63, 3.8) is 0 Å².